The molecule has 0 saturated carbocycles. The van der Waals surface area contributed by atoms with Gasteiger partial charge < -0.3 is 5.32 Å². The molecule has 1 atom stereocenters. The summed E-state index contributed by atoms with van der Waals surface area (Å²) < 4.78 is 29.4. The van der Waals surface area contributed by atoms with E-state index in [4.69, 9.17) is 0 Å². The first-order chi connectivity index (χ1) is 14.4. The Hall–Kier alpha value is -1.84. The van der Waals surface area contributed by atoms with Gasteiger partial charge in [0.2, 0.25) is 15.9 Å². The number of aromatic nitrogens is 2. The molecule has 1 saturated heterocycles. The number of hydrogen-bond donors (Lipinski definition) is 2. The molecule has 7 nitrogen and oxygen atoms in total. The number of nitrogens with one attached hydrogen (secondary N) is 2. The van der Waals surface area contributed by atoms with Gasteiger partial charge in [0, 0.05) is 35.2 Å². The predicted molar refractivity (Wildman–Crippen MR) is 124 cm³/mol. The molecule has 0 aliphatic carbocycles. The van der Waals surface area contributed by atoms with Crippen LogP contribution in [0, 0.1) is 5.92 Å². The number of rotatable bonds is 7. The summed E-state index contributed by atoms with van der Waals surface area (Å²) in [5.41, 5.74) is 0.855. The summed E-state index contributed by atoms with van der Waals surface area (Å²) in [7, 11) is -2.06. The van der Waals surface area contributed by atoms with E-state index in [0.717, 1.165) is 18.4 Å². The molecule has 1 aliphatic heterocycles. The van der Waals surface area contributed by atoms with E-state index < -0.39 is 16.1 Å². The van der Waals surface area contributed by atoms with Crippen LogP contribution in [0.1, 0.15) is 52.1 Å². The van der Waals surface area contributed by atoms with Gasteiger partial charge in [0.1, 0.15) is 4.90 Å². The van der Waals surface area contributed by atoms with Crippen molar-refractivity contribution in [2.75, 3.05) is 6.54 Å². The molecule has 1 aliphatic rings. The predicted octanol–water partition coefficient (Wildman–Crippen LogP) is 3.26. The van der Waals surface area contributed by atoms with E-state index in [1.54, 1.807) is 7.05 Å². The second-order valence-corrected chi connectivity index (χ2v) is 13.6. The lowest BCUT2D eigenvalue weighted by Crippen LogP contribution is -2.46. The zero-order valence-electron chi connectivity index (χ0n) is 18.8. The van der Waals surface area contributed by atoms with Gasteiger partial charge in [-0.25, -0.2) is 13.1 Å². The van der Waals surface area contributed by atoms with Crippen molar-refractivity contribution in [3.05, 3.63) is 48.3 Å². The first-order valence-electron chi connectivity index (χ1n) is 10.4. The van der Waals surface area contributed by atoms with E-state index in [2.05, 4.69) is 42.8 Å². The maximum Gasteiger partial charge on any atom is 0.243 e. The normalized spacial score (nSPS) is 19.6. The summed E-state index contributed by atoms with van der Waals surface area (Å²) in [4.78, 5) is 13.3. The second-order valence-electron chi connectivity index (χ2n) is 9.40. The van der Waals surface area contributed by atoms with E-state index >= 15 is 0 Å². The highest BCUT2D eigenvalue weighted by molar-refractivity contribution is 8.02. The van der Waals surface area contributed by atoms with E-state index in [1.807, 2.05) is 42.1 Å². The Kier molecular flexibility index (Phi) is 6.88. The Morgan fingerprint density at radius 2 is 1.81 bits per heavy atom. The highest BCUT2D eigenvalue weighted by Crippen LogP contribution is 2.49. The lowest BCUT2D eigenvalue weighted by atomic mass is 9.86. The number of sulfonamides is 1. The molecule has 2 heterocycles. The number of nitrogens with zero attached hydrogens (tertiary/aromatic N) is 2. The van der Waals surface area contributed by atoms with Gasteiger partial charge in [-0.1, -0.05) is 58.0 Å². The number of aryl methyl sites for hydroxylation is 1. The zero-order chi connectivity index (χ0) is 22.9. The average molecular weight is 465 g/mol. The Bertz CT molecular complexity index is 1000. The third kappa shape index (κ3) is 6.33. The first kappa shape index (κ1) is 23.8. The van der Waals surface area contributed by atoms with Gasteiger partial charge >= 0.3 is 0 Å². The molecule has 0 radical (unpaired) electrons. The molecule has 0 spiro atoms. The molecule has 0 bridgehead atoms. The van der Waals surface area contributed by atoms with Crippen molar-refractivity contribution in [2.45, 2.75) is 61.0 Å². The largest absolute Gasteiger partial charge is 0.348 e. The van der Waals surface area contributed by atoms with Crippen LogP contribution in [0.25, 0.3) is 0 Å². The molecule has 9 heteroatoms. The van der Waals surface area contributed by atoms with Gasteiger partial charge in [-0.2, -0.15) is 5.10 Å². The highest BCUT2D eigenvalue weighted by Gasteiger charge is 2.42. The van der Waals surface area contributed by atoms with Gasteiger partial charge in [0.05, 0.1) is 12.2 Å². The molecule has 1 unspecified atom stereocenters. The molecule has 31 heavy (non-hydrogen) atoms. The van der Waals surface area contributed by atoms with E-state index in [-0.39, 0.29) is 32.8 Å². The molecule has 2 aromatic rings. The van der Waals surface area contributed by atoms with Crippen molar-refractivity contribution in [2.24, 2.45) is 13.0 Å². The van der Waals surface area contributed by atoms with Gasteiger partial charge in [-0.15, -0.1) is 11.8 Å². The smallest absolute Gasteiger partial charge is 0.243 e. The number of carbonyl (C=O) groups excluding carboxylic acids is 1. The van der Waals surface area contributed by atoms with Gasteiger partial charge in [0.15, 0.2) is 0 Å². The molecule has 1 fully saturated rings. The summed E-state index contributed by atoms with van der Waals surface area (Å²) in [6.07, 6.45) is 4.33. The summed E-state index contributed by atoms with van der Waals surface area (Å²) in [6.45, 7) is 8.76. The molecule has 1 aromatic carbocycles. The van der Waals surface area contributed by atoms with E-state index in [0.29, 0.717) is 0 Å². The highest BCUT2D eigenvalue weighted by atomic mass is 32.2. The van der Waals surface area contributed by atoms with Crippen LogP contribution < -0.4 is 10.0 Å². The number of carbonyl (C=O) groups is 1. The molecule has 2 N–H and O–H groups in total. The average Bonchev–Trinajstić information content (AvgIpc) is 3.10. The molecule has 1 aromatic heterocycles. The fraction of sp³-hybridized carbons (Fsp3) is 0.545. The fourth-order valence-electron chi connectivity index (χ4n) is 4.32. The SMILES string of the molecule is Cn1cc(S(=O)(=O)NCC(NC(=O)C2CC(C)(C)SC(C)(C)C2)c2ccccc2)cn1. The van der Waals surface area contributed by atoms with Crippen LogP contribution in [-0.4, -0.2) is 40.1 Å². The molecule has 1 amide bonds. The first-order valence-corrected chi connectivity index (χ1v) is 12.7. The third-order valence-electron chi connectivity index (χ3n) is 5.39. The third-order valence-corrected chi connectivity index (χ3v) is 8.20. The maximum absolute atomic E-state index is 13.2. The van der Waals surface area contributed by atoms with Crippen molar-refractivity contribution in [3.63, 3.8) is 0 Å². The Labute approximate surface area is 189 Å². The lowest BCUT2D eigenvalue weighted by Gasteiger charge is -2.44. The summed E-state index contributed by atoms with van der Waals surface area (Å²) in [6, 6.07) is 8.98. The van der Waals surface area contributed by atoms with Crippen LogP contribution in [0.2, 0.25) is 0 Å². The quantitative estimate of drug-likeness (QED) is 0.656. The maximum atomic E-state index is 13.2. The Balaban J connectivity index is 1.76. The van der Waals surface area contributed by atoms with Crippen LogP contribution in [0.15, 0.2) is 47.6 Å². The van der Waals surface area contributed by atoms with E-state index in [9.17, 15) is 13.2 Å². The Morgan fingerprint density at radius 1 is 1.19 bits per heavy atom. The Morgan fingerprint density at radius 3 is 2.35 bits per heavy atom. The van der Waals surface area contributed by atoms with Crippen LogP contribution in [0.3, 0.4) is 0 Å². The van der Waals surface area contributed by atoms with Crippen LogP contribution in [-0.2, 0) is 21.9 Å². The minimum Gasteiger partial charge on any atom is -0.348 e. The molecule has 170 valence electrons. The van der Waals surface area contributed by atoms with Gasteiger partial charge in [-0.3, -0.25) is 9.48 Å². The molecule has 3 rings (SSSR count). The number of amides is 1. The minimum absolute atomic E-state index is 0.00784. The number of hydrogen-bond acceptors (Lipinski definition) is 5. The van der Waals surface area contributed by atoms with Crippen molar-refractivity contribution >= 4 is 27.7 Å². The zero-order valence-corrected chi connectivity index (χ0v) is 20.4. The van der Waals surface area contributed by atoms with Crippen molar-refractivity contribution in [1.82, 2.24) is 19.8 Å². The van der Waals surface area contributed by atoms with Gasteiger partial charge in [0.25, 0.3) is 0 Å². The van der Waals surface area contributed by atoms with Crippen molar-refractivity contribution < 1.29 is 13.2 Å². The molecular formula is C22H32N4O3S2. The summed E-state index contributed by atoms with van der Waals surface area (Å²) >= 11 is 1.92. The standard InChI is InChI=1S/C22H32N4O3S2/c1-21(2)11-17(12-22(3,4)30-21)20(27)25-19(16-9-7-6-8-10-16)14-24-31(28,29)18-13-23-26(5)15-18/h6-10,13,15,17,19,24H,11-12,14H2,1-5H3,(H,25,27). The minimum atomic E-state index is -3.73. The van der Waals surface area contributed by atoms with Crippen molar-refractivity contribution in [3.8, 4) is 0 Å². The van der Waals surface area contributed by atoms with Gasteiger partial charge in [-0.05, 0) is 18.4 Å². The number of thioether (sulfide) groups is 1. The summed E-state index contributed by atoms with van der Waals surface area (Å²) in [5.74, 6) is -0.150. The monoisotopic (exact) mass is 464 g/mol. The second kappa shape index (κ2) is 8.96. The van der Waals surface area contributed by atoms with E-state index in [1.165, 1.54) is 17.1 Å². The lowest BCUT2D eigenvalue weighted by molar-refractivity contribution is -0.126. The van der Waals surface area contributed by atoms with Crippen molar-refractivity contribution in [1.29, 1.82) is 0 Å². The summed E-state index contributed by atoms with van der Waals surface area (Å²) in [5, 5.41) is 7.04. The van der Waals surface area contributed by atoms with Crippen LogP contribution in [0.4, 0.5) is 0 Å². The fourth-order valence-corrected chi connectivity index (χ4v) is 7.41. The number of benzene rings is 1. The topological polar surface area (TPSA) is 93.1 Å². The van der Waals surface area contributed by atoms with Crippen LogP contribution in [0.5, 0.6) is 0 Å². The van der Waals surface area contributed by atoms with Crippen LogP contribution >= 0.6 is 11.8 Å². The molecular weight excluding hydrogens is 432 g/mol.